The van der Waals surface area contributed by atoms with Crippen molar-refractivity contribution in [2.75, 3.05) is 11.9 Å². The Labute approximate surface area is 192 Å². The number of para-hydroxylation sites is 1. The number of rotatable bonds is 7. The smallest absolute Gasteiger partial charge is 0.337 e. The monoisotopic (exact) mass is 447 g/mol. The minimum atomic E-state index is -0.645. The molecule has 0 aliphatic carbocycles. The Kier molecular flexibility index (Phi) is 7.74. The lowest BCUT2D eigenvalue weighted by Crippen LogP contribution is -2.34. The van der Waals surface area contributed by atoms with Gasteiger partial charge in [0.2, 0.25) is 0 Å². The SMILES string of the molecule is CCOC(=O)C1=C(S[C@H](C)C#N)NC(C)=C(C(=O)Nc2ccccc2)[C@H]1c1ccccc1. The number of allylic oxidation sites excluding steroid dienone is 1. The van der Waals surface area contributed by atoms with Gasteiger partial charge in [0.25, 0.3) is 5.91 Å². The van der Waals surface area contributed by atoms with Crippen LogP contribution in [0.5, 0.6) is 0 Å². The van der Waals surface area contributed by atoms with Crippen molar-refractivity contribution in [3.05, 3.63) is 88.1 Å². The molecule has 0 radical (unpaired) electrons. The maximum absolute atomic E-state index is 13.4. The molecule has 1 amide bonds. The standard InChI is InChI=1S/C25H25N3O3S/c1-4-31-25(30)22-21(18-11-7-5-8-12-18)20(17(3)27-24(22)32-16(2)15-26)23(29)28-19-13-9-6-10-14-19/h5-14,16,21,27H,4H2,1-3H3,(H,28,29)/t16-,21-/m1/s1. The molecule has 2 N–H and O–H groups in total. The molecule has 7 heteroatoms. The van der Waals surface area contributed by atoms with Gasteiger partial charge in [0, 0.05) is 17.0 Å². The number of hydrogen-bond donors (Lipinski definition) is 2. The fourth-order valence-electron chi connectivity index (χ4n) is 3.51. The van der Waals surface area contributed by atoms with E-state index >= 15 is 0 Å². The van der Waals surface area contributed by atoms with Crippen molar-refractivity contribution in [3.63, 3.8) is 0 Å². The largest absolute Gasteiger partial charge is 0.463 e. The average Bonchev–Trinajstić information content (AvgIpc) is 2.79. The lowest BCUT2D eigenvalue weighted by Gasteiger charge is -2.32. The van der Waals surface area contributed by atoms with Crippen molar-refractivity contribution >= 4 is 29.3 Å². The number of hydrogen-bond acceptors (Lipinski definition) is 6. The highest BCUT2D eigenvalue weighted by Crippen LogP contribution is 2.42. The van der Waals surface area contributed by atoms with Crippen LogP contribution in [0.15, 0.2) is 82.5 Å². The maximum Gasteiger partial charge on any atom is 0.337 e. The summed E-state index contributed by atoms with van der Waals surface area (Å²) >= 11 is 1.24. The van der Waals surface area contributed by atoms with E-state index in [4.69, 9.17) is 4.74 Å². The van der Waals surface area contributed by atoms with Gasteiger partial charge in [-0.2, -0.15) is 5.26 Å². The molecule has 32 heavy (non-hydrogen) atoms. The number of nitrogens with zero attached hydrogens (tertiary/aromatic N) is 1. The average molecular weight is 448 g/mol. The van der Waals surface area contributed by atoms with Crippen molar-refractivity contribution in [1.82, 2.24) is 5.32 Å². The first kappa shape index (κ1) is 23.2. The Morgan fingerprint density at radius 2 is 1.75 bits per heavy atom. The molecule has 0 fully saturated rings. The molecule has 0 unspecified atom stereocenters. The molecule has 0 saturated carbocycles. The zero-order valence-electron chi connectivity index (χ0n) is 18.2. The number of ether oxygens (including phenoxy) is 1. The second-order valence-electron chi connectivity index (χ2n) is 7.18. The van der Waals surface area contributed by atoms with Crippen LogP contribution in [0.3, 0.4) is 0 Å². The number of carbonyl (C=O) groups is 2. The third kappa shape index (κ3) is 5.21. The first-order valence-electron chi connectivity index (χ1n) is 10.3. The van der Waals surface area contributed by atoms with Gasteiger partial charge in [0.1, 0.15) is 0 Å². The Bertz CT molecular complexity index is 1090. The lowest BCUT2D eigenvalue weighted by atomic mass is 9.81. The van der Waals surface area contributed by atoms with Crippen molar-refractivity contribution in [3.8, 4) is 6.07 Å². The number of nitriles is 1. The number of nitrogens with one attached hydrogen (secondary N) is 2. The molecule has 2 aromatic carbocycles. The zero-order valence-corrected chi connectivity index (χ0v) is 19.0. The van der Waals surface area contributed by atoms with E-state index in [2.05, 4.69) is 16.7 Å². The Morgan fingerprint density at radius 3 is 2.34 bits per heavy atom. The Morgan fingerprint density at radius 1 is 1.12 bits per heavy atom. The van der Waals surface area contributed by atoms with Gasteiger partial charge in [-0.25, -0.2) is 4.79 Å². The van der Waals surface area contributed by atoms with Gasteiger partial charge in [-0.1, -0.05) is 60.3 Å². The van der Waals surface area contributed by atoms with Crippen molar-refractivity contribution in [2.24, 2.45) is 0 Å². The molecular weight excluding hydrogens is 422 g/mol. The van der Waals surface area contributed by atoms with Crippen LogP contribution in [0.2, 0.25) is 0 Å². The van der Waals surface area contributed by atoms with Crippen LogP contribution in [0.1, 0.15) is 32.3 Å². The highest BCUT2D eigenvalue weighted by Gasteiger charge is 2.38. The second-order valence-corrected chi connectivity index (χ2v) is 8.53. The van der Waals surface area contributed by atoms with E-state index in [-0.39, 0.29) is 12.5 Å². The van der Waals surface area contributed by atoms with Gasteiger partial charge in [0.05, 0.1) is 34.4 Å². The van der Waals surface area contributed by atoms with Gasteiger partial charge in [-0.05, 0) is 38.5 Å². The van der Waals surface area contributed by atoms with Crippen LogP contribution < -0.4 is 10.6 Å². The topological polar surface area (TPSA) is 91.2 Å². The predicted molar refractivity (Wildman–Crippen MR) is 126 cm³/mol. The quantitative estimate of drug-likeness (QED) is 0.598. The fraction of sp³-hybridized carbons (Fsp3) is 0.240. The Balaban J connectivity index is 2.14. The molecule has 2 atom stereocenters. The summed E-state index contributed by atoms with van der Waals surface area (Å²) in [5.74, 6) is -1.47. The number of anilines is 1. The zero-order chi connectivity index (χ0) is 23.1. The van der Waals surface area contributed by atoms with Crippen molar-refractivity contribution in [1.29, 1.82) is 5.26 Å². The summed E-state index contributed by atoms with van der Waals surface area (Å²) < 4.78 is 5.37. The molecule has 3 rings (SSSR count). The van der Waals surface area contributed by atoms with E-state index in [1.807, 2.05) is 48.5 Å². The van der Waals surface area contributed by atoms with E-state index in [9.17, 15) is 14.9 Å². The highest BCUT2D eigenvalue weighted by atomic mass is 32.2. The Hall–Kier alpha value is -3.50. The molecule has 164 valence electrons. The molecule has 0 spiro atoms. The van der Waals surface area contributed by atoms with Gasteiger partial charge in [-0.15, -0.1) is 0 Å². The molecule has 6 nitrogen and oxygen atoms in total. The molecule has 1 heterocycles. The summed E-state index contributed by atoms with van der Waals surface area (Å²) in [4.78, 5) is 26.6. The predicted octanol–water partition coefficient (Wildman–Crippen LogP) is 4.71. The van der Waals surface area contributed by atoms with Gasteiger partial charge >= 0.3 is 5.97 Å². The normalized spacial score (nSPS) is 16.6. The number of thioether (sulfide) groups is 1. The molecule has 0 bridgehead atoms. The number of benzene rings is 2. The third-order valence-corrected chi connectivity index (χ3v) is 5.92. The van der Waals surface area contributed by atoms with Crippen LogP contribution in [-0.2, 0) is 14.3 Å². The van der Waals surface area contributed by atoms with Crippen LogP contribution in [0.4, 0.5) is 5.69 Å². The molecule has 1 aliphatic rings. The summed E-state index contributed by atoms with van der Waals surface area (Å²) in [6, 6.07) is 20.7. The molecular formula is C25H25N3O3S. The minimum Gasteiger partial charge on any atom is -0.463 e. The number of carbonyl (C=O) groups excluding carboxylic acids is 2. The summed E-state index contributed by atoms with van der Waals surface area (Å²) in [6.07, 6.45) is 0. The molecule has 1 aliphatic heterocycles. The first-order valence-corrected chi connectivity index (χ1v) is 11.2. The van der Waals surface area contributed by atoms with Crippen LogP contribution in [0, 0.1) is 11.3 Å². The summed E-state index contributed by atoms with van der Waals surface area (Å²) in [6.45, 7) is 5.50. The minimum absolute atomic E-state index is 0.198. The van der Waals surface area contributed by atoms with E-state index in [0.717, 1.165) is 5.56 Å². The molecule has 0 aromatic heterocycles. The van der Waals surface area contributed by atoms with Crippen molar-refractivity contribution < 1.29 is 14.3 Å². The van der Waals surface area contributed by atoms with E-state index in [1.54, 1.807) is 32.9 Å². The maximum atomic E-state index is 13.4. The molecule has 0 saturated heterocycles. The van der Waals surface area contributed by atoms with Gasteiger partial charge < -0.3 is 15.4 Å². The van der Waals surface area contributed by atoms with Crippen LogP contribution >= 0.6 is 11.8 Å². The third-order valence-electron chi connectivity index (χ3n) is 4.91. The highest BCUT2D eigenvalue weighted by molar-refractivity contribution is 8.03. The van der Waals surface area contributed by atoms with Gasteiger partial charge in [0.15, 0.2) is 0 Å². The summed E-state index contributed by atoms with van der Waals surface area (Å²) in [5, 5.41) is 15.6. The summed E-state index contributed by atoms with van der Waals surface area (Å²) in [5.41, 5.74) is 2.82. The second kappa shape index (κ2) is 10.7. The number of amides is 1. The lowest BCUT2D eigenvalue weighted by molar-refractivity contribution is -0.138. The van der Waals surface area contributed by atoms with E-state index in [0.29, 0.717) is 27.6 Å². The summed E-state index contributed by atoms with van der Waals surface area (Å²) in [7, 11) is 0. The van der Waals surface area contributed by atoms with E-state index < -0.39 is 17.1 Å². The van der Waals surface area contributed by atoms with Crippen LogP contribution in [0.25, 0.3) is 0 Å². The molecule has 2 aromatic rings. The van der Waals surface area contributed by atoms with Gasteiger partial charge in [-0.3, -0.25) is 4.79 Å². The van der Waals surface area contributed by atoms with Crippen molar-refractivity contribution in [2.45, 2.75) is 31.9 Å². The van der Waals surface area contributed by atoms with Crippen LogP contribution in [-0.4, -0.2) is 23.7 Å². The number of esters is 1. The first-order chi connectivity index (χ1) is 15.5. The fourth-order valence-corrected chi connectivity index (χ4v) is 4.46. The number of dihydropyridines is 1. The van der Waals surface area contributed by atoms with E-state index in [1.165, 1.54) is 11.8 Å².